The van der Waals surface area contributed by atoms with Gasteiger partial charge in [-0.25, -0.2) is 4.79 Å². The maximum absolute atomic E-state index is 13.0. The van der Waals surface area contributed by atoms with Crippen LogP contribution >= 0.6 is 11.8 Å². The summed E-state index contributed by atoms with van der Waals surface area (Å²) in [6.07, 6.45) is 3.46. The Morgan fingerprint density at radius 2 is 1.71 bits per heavy atom. The molecule has 11 nitrogen and oxygen atoms in total. The number of aliphatic hydroxyl groups is 1. The molecular weight excluding hydrogens is 464 g/mol. The lowest BCUT2D eigenvalue weighted by molar-refractivity contribution is -0.142. The third-order valence-corrected chi connectivity index (χ3v) is 6.07. The number of phenolic OH excluding ortho intramolecular Hbond substituents is 1. The minimum Gasteiger partial charge on any atom is -0.508 e. The van der Waals surface area contributed by atoms with Crippen LogP contribution in [-0.4, -0.2) is 88.3 Å². The number of aliphatic carboxylic acids is 1. The Morgan fingerprint density at radius 1 is 1.06 bits per heavy atom. The van der Waals surface area contributed by atoms with Gasteiger partial charge in [0.05, 0.1) is 12.6 Å². The number of nitrogens with one attached hydrogen (secondary N) is 4. The highest BCUT2D eigenvalue weighted by molar-refractivity contribution is 7.98. The van der Waals surface area contributed by atoms with Gasteiger partial charge in [0.15, 0.2) is 0 Å². The summed E-state index contributed by atoms with van der Waals surface area (Å²) in [6.45, 7) is 0.00749. The monoisotopic (exact) mass is 496 g/mol. The average Bonchev–Trinajstić information content (AvgIpc) is 3.35. The summed E-state index contributed by atoms with van der Waals surface area (Å²) >= 11 is 1.44. The van der Waals surface area contributed by atoms with Gasteiger partial charge >= 0.3 is 5.97 Å². The molecule has 0 aliphatic carbocycles. The van der Waals surface area contributed by atoms with E-state index >= 15 is 0 Å². The summed E-state index contributed by atoms with van der Waals surface area (Å²) in [6, 6.07) is 1.95. The number of benzene rings is 1. The lowest BCUT2D eigenvalue weighted by Gasteiger charge is -2.24. The fraction of sp³-hybridized carbons (Fsp3) is 0.545. The summed E-state index contributed by atoms with van der Waals surface area (Å²) < 4.78 is 0. The molecule has 188 valence electrons. The van der Waals surface area contributed by atoms with Gasteiger partial charge in [0, 0.05) is 6.42 Å². The number of amides is 3. The van der Waals surface area contributed by atoms with Crippen molar-refractivity contribution in [2.45, 2.75) is 49.9 Å². The lowest BCUT2D eigenvalue weighted by Crippen LogP contribution is -2.58. The Bertz CT molecular complexity index is 846. The van der Waals surface area contributed by atoms with Crippen LogP contribution in [0, 0.1) is 0 Å². The largest absolute Gasteiger partial charge is 0.508 e. The van der Waals surface area contributed by atoms with Crippen LogP contribution in [0.1, 0.15) is 24.8 Å². The van der Waals surface area contributed by atoms with Crippen molar-refractivity contribution in [1.82, 2.24) is 21.3 Å². The maximum atomic E-state index is 13.0. The summed E-state index contributed by atoms with van der Waals surface area (Å²) in [5.41, 5.74) is 0.606. The van der Waals surface area contributed by atoms with Crippen molar-refractivity contribution < 1.29 is 34.5 Å². The molecule has 1 aromatic rings. The van der Waals surface area contributed by atoms with Crippen LogP contribution in [0.2, 0.25) is 0 Å². The zero-order valence-electron chi connectivity index (χ0n) is 19.0. The van der Waals surface area contributed by atoms with Gasteiger partial charge in [-0.3, -0.25) is 14.4 Å². The third kappa shape index (κ3) is 8.50. The molecule has 7 N–H and O–H groups in total. The number of hydrogen-bond acceptors (Lipinski definition) is 8. The van der Waals surface area contributed by atoms with Gasteiger partial charge in [-0.05, 0) is 55.5 Å². The van der Waals surface area contributed by atoms with E-state index in [4.69, 9.17) is 0 Å². The number of carboxylic acids is 1. The number of aromatic hydroxyl groups is 1. The van der Waals surface area contributed by atoms with Crippen molar-refractivity contribution in [1.29, 1.82) is 0 Å². The number of aliphatic hydroxyl groups excluding tert-OH is 1. The molecule has 1 aliphatic heterocycles. The molecule has 0 bridgehead atoms. The van der Waals surface area contributed by atoms with Crippen LogP contribution in [0.3, 0.4) is 0 Å². The van der Waals surface area contributed by atoms with E-state index in [2.05, 4.69) is 21.3 Å². The van der Waals surface area contributed by atoms with Gasteiger partial charge in [0.2, 0.25) is 17.7 Å². The number of carbonyl (C=O) groups is 4. The summed E-state index contributed by atoms with van der Waals surface area (Å²) in [5, 5.41) is 39.1. The summed E-state index contributed by atoms with van der Waals surface area (Å²) in [5.74, 6) is -2.56. The Morgan fingerprint density at radius 3 is 2.26 bits per heavy atom. The highest BCUT2D eigenvalue weighted by atomic mass is 32.2. The van der Waals surface area contributed by atoms with Gasteiger partial charge in [0.1, 0.15) is 23.9 Å². The van der Waals surface area contributed by atoms with E-state index in [1.54, 1.807) is 12.1 Å². The van der Waals surface area contributed by atoms with Crippen molar-refractivity contribution in [3.05, 3.63) is 29.8 Å². The van der Waals surface area contributed by atoms with Crippen LogP contribution in [0.5, 0.6) is 5.75 Å². The highest BCUT2D eigenvalue weighted by Gasteiger charge is 2.31. The molecule has 3 amide bonds. The smallest absolute Gasteiger partial charge is 0.326 e. The Labute approximate surface area is 202 Å². The number of phenols is 1. The Balaban J connectivity index is 2.13. The molecule has 0 saturated carbocycles. The number of carbonyl (C=O) groups excluding carboxylic acids is 3. The second-order valence-electron chi connectivity index (χ2n) is 8.01. The highest BCUT2D eigenvalue weighted by Crippen LogP contribution is 2.12. The van der Waals surface area contributed by atoms with Gasteiger partial charge in [-0.1, -0.05) is 12.1 Å². The SMILES string of the molecule is CSCC[C@H](NC(=O)[C@H](Cc1ccc(O)cc1)NC(=O)[C@H](CO)NC(=O)[C@@H]1CCCN1)C(=O)O. The van der Waals surface area contributed by atoms with Crippen LogP contribution in [0.25, 0.3) is 0 Å². The number of thioether (sulfide) groups is 1. The summed E-state index contributed by atoms with van der Waals surface area (Å²) in [7, 11) is 0. The van der Waals surface area contributed by atoms with Crippen molar-refractivity contribution in [2.75, 3.05) is 25.2 Å². The zero-order chi connectivity index (χ0) is 25.1. The molecule has 34 heavy (non-hydrogen) atoms. The normalized spacial score (nSPS) is 17.9. The lowest BCUT2D eigenvalue weighted by atomic mass is 10.0. The third-order valence-electron chi connectivity index (χ3n) is 5.43. The molecule has 4 atom stereocenters. The molecular formula is C22H32N4O7S. The maximum Gasteiger partial charge on any atom is 0.326 e. The second-order valence-corrected chi connectivity index (χ2v) is 8.99. The van der Waals surface area contributed by atoms with E-state index in [9.17, 15) is 34.5 Å². The van der Waals surface area contributed by atoms with E-state index in [0.717, 1.165) is 6.42 Å². The molecule has 1 aliphatic rings. The molecule has 0 unspecified atom stereocenters. The predicted octanol–water partition coefficient (Wildman–Crippen LogP) is -1.03. The van der Waals surface area contributed by atoms with Gasteiger partial charge in [0.25, 0.3) is 0 Å². The zero-order valence-corrected chi connectivity index (χ0v) is 19.8. The molecule has 1 fully saturated rings. The first-order chi connectivity index (χ1) is 16.2. The van der Waals surface area contributed by atoms with Crippen LogP contribution < -0.4 is 21.3 Å². The predicted molar refractivity (Wildman–Crippen MR) is 126 cm³/mol. The molecule has 0 aromatic heterocycles. The first kappa shape index (κ1) is 27.4. The van der Waals surface area contributed by atoms with Crippen molar-refractivity contribution in [2.24, 2.45) is 0 Å². The minimum absolute atomic E-state index is 0.00297. The minimum atomic E-state index is -1.28. The Hall–Kier alpha value is -2.83. The molecule has 1 heterocycles. The second kappa shape index (κ2) is 13.8. The topological polar surface area (TPSA) is 177 Å². The van der Waals surface area contributed by atoms with E-state index in [-0.39, 0.29) is 18.6 Å². The van der Waals surface area contributed by atoms with Gasteiger partial charge in [-0.2, -0.15) is 11.8 Å². The molecule has 1 aromatic carbocycles. The molecule has 0 radical (unpaired) electrons. The van der Waals surface area contributed by atoms with E-state index in [1.807, 2.05) is 6.26 Å². The van der Waals surface area contributed by atoms with Crippen LogP contribution in [0.15, 0.2) is 24.3 Å². The summed E-state index contributed by atoms with van der Waals surface area (Å²) in [4.78, 5) is 49.7. The first-order valence-electron chi connectivity index (χ1n) is 11.0. The molecule has 1 saturated heterocycles. The average molecular weight is 497 g/mol. The van der Waals surface area contributed by atoms with Gasteiger partial charge < -0.3 is 36.6 Å². The number of carboxylic acid groups (broad SMARTS) is 1. The van der Waals surface area contributed by atoms with Crippen LogP contribution in [-0.2, 0) is 25.6 Å². The number of rotatable bonds is 13. The van der Waals surface area contributed by atoms with Crippen molar-refractivity contribution in [3.8, 4) is 5.75 Å². The van der Waals surface area contributed by atoms with Crippen molar-refractivity contribution in [3.63, 3.8) is 0 Å². The van der Waals surface area contributed by atoms with E-state index < -0.39 is 54.5 Å². The standard InChI is InChI=1S/C22H32N4O7S/c1-34-10-8-16(22(32)33)24-20(30)17(11-13-4-6-14(28)7-5-13)25-21(31)18(12-27)26-19(29)15-3-2-9-23-15/h4-7,15-18,23,27-28H,2-3,8-12H2,1H3,(H,24,30)(H,25,31)(H,26,29)(H,32,33)/t15-,16-,17-,18-/m0/s1. The molecule has 2 rings (SSSR count). The fourth-order valence-corrected chi connectivity index (χ4v) is 3.96. The van der Waals surface area contributed by atoms with Crippen molar-refractivity contribution >= 4 is 35.5 Å². The fourth-order valence-electron chi connectivity index (χ4n) is 3.49. The molecule has 12 heteroatoms. The quantitative estimate of drug-likeness (QED) is 0.180. The first-order valence-corrected chi connectivity index (χ1v) is 12.4. The van der Waals surface area contributed by atoms with E-state index in [1.165, 1.54) is 23.9 Å². The van der Waals surface area contributed by atoms with Gasteiger partial charge in [-0.15, -0.1) is 0 Å². The van der Waals surface area contributed by atoms with Crippen LogP contribution in [0.4, 0.5) is 0 Å². The van der Waals surface area contributed by atoms with E-state index in [0.29, 0.717) is 24.3 Å². The molecule has 0 spiro atoms. The Kier molecular flexibility index (Phi) is 11.1. The number of hydrogen-bond donors (Lipinski definition) is 7.